The minimum absolute atomic E-state index is 0.213. The number of rotatable bonds is 3. The molecule has 0 aliphatic carbocycles. The van der Waals surface area contributed by atoms with Crippen molar-refractivity contribution in [2.45, 2.75) is 32.2 Å². The Morgan fingerprint density at radius 1 is 1.42 bits per heavy atom. The van der Waals surface area contributed by atoms with Crippen LogP contribution in [0, 0.1) is 5.92 Å². The highest BCUT2D eigenvalue weighted by Crippen LogP contribution is 2.25. The zero-order valence-electron chi connectivity index (χ0n) is 11.5. The lowest BCUT2D eigenvalue weighted by Gasteiger charge is -2.36. The molecule has 0 aromatic carbocycles. The second-order valence-corrected chi connectivity index (χ2v) is 5.27. The standard InChI is InChI=1S/C13H23N3O3/c1-2-19-13(18)15-5-3-11(4-6-15)16-9-10(8-14)7-12(16)17/h10-11H,2-9,14H2,1H3. The number of carbonyl (C=O) groups excluding carboxylic acids is 2. The average molecular weight is 269 g/mol. The van der Waals surface area contributed by atoms with Gasteiger partial charge in [-0.25, -0.2) is 4.79 Å². The largest absolute Gasteiger partial charge is 0.450 e. The monoisotopic (exact) mass is 269 g/mol. The number of piperidine rings is 1. The van der Waals surface area contributed by atoms with Crippen LogP contribution in [-0.4, -0.2) is 60.6 Å². The van der Waals surface area contributed by atoms with E-state index in [9.17, 15) is 9.59 Å². The Bertz CT molecular complexity index is 340. The van der Waals surface area contributed by atoms with E-state index in [2.05, 4.69) is 0 Å². The zero-order valence-corrected chi connectivity index (χ0v) is 11.5. The summed E-state index contributed by atoms with van der Waals surface area (Å²) in [6, 6.07) is 0.259. The van der Waals surface area contributed by atoms with Crippen LogP contribution in [0.4, 0.5) is 4.79 Å². The summed E-state index contributed by atoms with van der Waals surface area (Å²) in [7, 11) is 0. The van der Waals surface area contributed by atoms with E-state index in [4.69, 9.17) is 10.5 Å². The molecular weight excluding hydrogens is 246 g/mol. The third kappa shape index (κ3) is 3.18. The fraction of sp³-hybridized carbons (Fsp3) is 0.846. The summed E-state index contributed by atoms with van der Waals surface area (Å²) in [5.74, 6) is 0.514. The molecule has 0 saturated carbocycles. The van der Waals surface area contributed by atoms with Gasteiger partial charge in [0.1, 0.15) is 0 Å². The van der Waals surface area contributed by atoms with Gasteiger partial charge < -0.3 is 20.3 Å². The molecular formula is C13H23N3O3. The smallest absolute Gasteiger partial charge is 0.409 e. The van der Waals surface area contributed by atoms with E-state index in [-0.39, 0.29) is 18.0 Å². The lowest BCUT2D eigenvalue weighted by Crippen LogP contribution is -2.47. The maximum absolute atomic E-state index is 11.9. The number of ether oxygens (including phenoxy) is 1. The van der Waals surface area contributed by atoms with Gasteiger partial charge in [0.25, 0.3) is 0 Å². The van der Waals surface area contributed by atoms with Gasteiger partial charge in [0.15, 0.2) is 0 Å². The predicted octanol–water partition coefficient (Wildman–Crippen LogP) is 0.415. The molecule has 2 rings (SSSR count). The molecule has 0 aromatic heterocycles. The van der Waals surface area contributed by atoms with Gasteiger partial charge in [-0.1, -0.05) is 0 Å². The van der Waals surface area contributed by atoms with Crippen molar-refractivity contribution in [3.8, 4) is 0 Å². The van der Waals surface area contributed by atoms with E-state index in [1.54, 1.807) is 11.8 Å². The first kappa shape index (κ1) is 14.1. The van der Waals surface area contributed by atoms with Crippen molar-refractivity contribution in [2.75, 3.05) is 32.8 Å². The van der Waals surface area contributed by atoms with Crippen LogP contribution in [0.2, 0.25) is 0 Å². The van der Waals surface area contributed by atoms with Crippen LogP contribution in [0.5, 0.6) is 0 Å². The second kappa shape index (κ2) is 6.23. The van der Waals surface area contributed by atoms with Gasteiger partial charge in [0.05, 0.1) is 6.61 Å². The van der Waals surface area contributed by atoms with E-state index in [0.717, 1.165) is 19.4 Å². The molecule has 2 amide bonds. The second-order valence-electron chi connectivity index (χ2n) is 5.27. The molecule has 0 bridgehead atoms. The maximum atomic E-state index is 11.9. The Labute approximate surface area is 113 Å². The van der Waals surface area contributed by atoms with E-state index in [0.29, 0.717) is 38.6 Å². The normalized spacial score (nSPS) is 24.9. The van der Waals surface area contributed by atoms with E-state index in [1.165, 1.54) is 0 Å². The Balaban J connectivity index is 1.83. The molecule has 6 heteroatoms. The van der Waals surface area contributed by atoms with Crippen LogP contribution in [-0.2, 0) is 9.53 Å². The number of hydrogen-bond acceptors (Lipinski definition) is 4. The van der Waals surface area contributed by atoms with Crippen LogP contribution in [0.15, 0.2) is 0 Å². The Morgan fingerprint density at radius 2 is 2.11 bits per heavy atom. The molecule has 2 N–H and O–H groups in total. The topological polar surface area (TPSA) is 75.9 Å². The first-order valence-electron chi connectivity index (χ1n) is 7.07. The van der Waals surface area contributed by atoms with Gasteiger partial charge in [0, 0.05) is 32.1 Å². The summed E-state index contributed by atoms with van der Waals surface area (Å²) in [5.41, 5.74) is 5.63. The van der Waals surface area contributed by atoms with Crippen molar-refractivity contribution in [1.82, 2.24) is 9.80 Å². The molecule has 108 valence electrons. The minimum atomic E-state index is -0.242. The lowest BCUT2D eigenvalue weighted by molar-refractivity contribution is -0.130. The molecule has 1 unspecified atom stereocenters. The van der Waals surface area contributed by atoms with Gasteiger partial charge in [-0.05, 0) is 32.2 Å². The molecule has 1 atom stereocenters. The Hall–Kier alpha value is -1.30. The molecule has 2 heterocycles. The molecule has 0 radical (unpaired) electrons. The van der Waals surface area contributed by atoms with Crippen LogP contribution in [0.3, 0.4) is 0 Å². The number of amides is 2. The summed E-state index contributed by atoms with van der Waals surface area (Å²) < 4.78 is 4.99. The molecule has 2 saturated heterocycles. The van der Waals surface area contributed by atoms with Crippen molar-refractivity contribution in [3.05, 3.63) is 0 Å². The van der Waals surface area contributed by atoms with Gasteiger partial charge in [-0.2, -0.15) is 0 Å². The molecule has 2 aliphatic rings. The Morgan fingerprint density at radius 3 is 2.63 bits per heavy atom. The number of carbonyl (C=O) groups is 2. The number of likely N-dealkylation sites (tertiary alicyclic amines) is 2. The van der Waals surface area contributed by atoms with Crippen molar-refractivity contribution >= 4 is 12.0 Å². The first-order chi connectivity index (χ1) is 9.15. The van der Waals surface area contributed by atoms with Gasteiger partial charge in [0.2, 0.25) is 5.91 Å². The van der Waals surface area contributed by atoms with Gasteiger partial charge >= 0.3 is 6.09 Å². The van der Waals surface area contributed by atoms with Crippen LogP contribution >= 0.6 is 0 Å². The molecule has 2 aliphatic heterocycles. The Kier molecular flexibility index (Phi) is 4.63. The third-order valence-corrected chi connectivity index (χ3v) is 4.00. The number of hydrogen-bond donors (Lipinski definition) is 1. The highest BCUT2D eigenvalue weighted by atomic mass is 16.6. The van der Waals surface area contributed by atoms with Gasteiger partial charge in [-0.3, -0.25) is 4.79 Å². The SMILES string of the molecule is CCOC(=O)N1CCC(N2CC(CN)CC2=O)CC1. The van der Waals surface area contributed by atoms with Crippen LogP contribution in [0.1, 0.15) is 26.2 Å². The number of nitrogens with zero attached hydrogens (tertiary/aromatic N) is 2. The summed E-state index contributed by atoms with van der Waals surface area (Å²) in [5, 5.41) is 0. The molecule has 2 fully saturated rings. The summed E-state index contributed by atoms with van der Waals surface area (Å²) in [6.07, 6.45) is 2.01. The van der Waals surface area contributed by atoms with E-state index < -0.39 is 0 Å². The zero-order chi connectivity index (χ0) is 13.8. The molecule has 0 aromatic rings. The van der Waals surface area contributed by atoms with Gasteiger partial charge in [-0.15, -0.1) is 0 Å². The predicted molar refractivity (Wildman–Crippen MR) is 70.5 cm³/mol. The fourth-order valence-electron chi connectivity index (χ4n) is 2.89. The highest BCUT2D eigenvalue weighted by Gasteiger charge is 2.35. The quantitative estimate of drug-likeness (QED) is 0.805. The number of nitrogens with two attached hydrogens (primary N) is 1. The van der Waals surface area contributed by atoms with Crippen molar-refractivity contribution in [2.24, 2.45) is 11.7 Å². The van der Waals surface area contributed by atoms with Crippen molar-refractivity contribution in [1.29, 1.82) is 0 Å². The summed E-state index contributed by atoms with van der Waals surface area (Å²) in [4.78, 5) is 27.2. The highest BCUT2D eigenvalue weighted by molar-refractivity contribution is 5.79. The maximum Gasteiger partial charge on any atom is 0.409 e. The third-order valence-electron chi connectivity index (χ3n) is 4.00. The first-order valence-corrected chi connectivity index (χ1v) is 7.07. The van der Waals surface area contributed by atoms with Crippen molar-refractivity contribution in [3.63, 3.8) is 0 Å². The molecule has 6 nitrogen and oxygen atoms in total. The molecule has 0 spiro atoms. The van der Waals surface area contributed by atoms with Crippen LogP contribution in [0.25, 0.3) is 0 Å². The lowest BCUT2D eigenvalue weighted by atomic mass is 10.0. The summed E-state index contributed by atoms with van der Waals surface area (Å²) in [6.45, 7) is 4.90. The van der Waals surface area contributed by atoms with E-state index >= 15 is 0 Å². The summed E-state index contributed by atoms with van der Waals surface area (Å²) >= 11 is 0. The van der Waals surface area contributed by atoms with Crippen LogP contribution < -0.4 is 5.73 Å². The average Bonchev–Trinajstić information content (AvgIpc) is 2.80. The fourth-order valence-corrected chi connectivity index (χ4v) is 2.89. The molecule has 19 heavy (non-hydrogen) atoms. The van der Waals surface area contributed by atoms with Crippen molar-refractivity contribution < 1.29 is 14.3 Å². The minimum Gasteiger partial charge on any atom is -0.450 e. The van der Waals surface area contributed by atoms with E-state index in [1.807, 2.05) is 4.90 Å².